The Labute approximate surface area is 166 Å². The zero-order valence-electron chi connectivity index (χ0n) is 15.5. The molecular formula is C18H22N4O3S2. The van der Waals surface area contributed by atoms with Crippen molar-refractivity contribution >= 4 is 45.7 Å². The molecule has 0 radical (unpaired) electrons. The topological polar surface area (TPSA) is 84.4 Å². The smallest absolute Gasteiger partial charge is 0.231 e. The molecule has 9 heteroatoms. The number of aromatic nitrogens is 2. The van der Waals surface area contributed by atoms with Crippen molar-refractivity contribution in [3.8, 4) is 0 Å². The highest BCUT2D eigenvalue weighted by atomic mass is 32.2. The van der Waals surface area contributed by atoms with Crippen LogP contribution in [-0.2, 0) is 14.3 Å². The van der Waals surface area contributed by atoms with Gasteiger partial charge in [0.15, 0.2) is 4.34 Å². The minimum absolute atomic E-state index is 0.0306. The van der Waals surface area contributed by atoms with E-state index in [2.05, 4.69) is 15.5 Å². The fourth-order valence-electron chi connectivity index (χ4n) is 2.86. The third kappa shape index (κ3) is 4.85. The number of anilines is 2. The predicted molar refractivity (Wildman–Crippen MR) is 108 cm³/mol. The Morgan fingerprint density at radius 2 is 2.22 bits per heavy atom. The molecule has 1 aliphatic heterocycles. The van der Waals surface area contributed by atoms with Gasteiger partial charge < -0.3 is 15.0 Å². The van der Waals surface area contributed by atoms with Gasteiger partial charge in [-0.2, -0.15) is 0 Å². The van der Waals surface area contributed by atoms with E-state index in [1.165, 1.54) is 23.1 Å². The fourth-order valence-corrected chi connectivity index (χ4v) is 4.59. The number of ether oxygens (including phenoxy) is 1. The summed E-state index contributed by atoms with van der Waals surface area (Å²) in [6, 6.07) is 6.00. The quantitative estimate of drug-likeness (QED) is 0.432. The summed E-state index contributed by atoms with van der Waals surface area (Å²) in [5.41, 5.74) is 2.99. The molecule has 0 aliphatic carbocycles. The molecule has 0 saturated carbocycles. The summed E-state index contributed by atoms with van der Waals surface area (Å²) in [7, 11) is 1.65. The number of nitrogens with zero attached hydrogens (tertiary/aromatic N) is 3. The van der Waals surface area contributed by atoms with Crippen LogP contribution in [0.3, 0.4) is 0 Å². The molecule has 1 N–H and O–H groups in total. The first-order valence-corrected chi connectivity index (χ1v) is 10.4. The molecule has 1 unspecified atom stereocenters. The Morgan fingerprint density at radius 3 is 3.00 bits per heavy atom. The highest BCUT2D eigenvalue weighted by Gasteiger charge is 2.36. The maximum atomic E-state index is 12.6. The lowest BCUT2D eigenvalue weighted by Gasteiger charge is -2.19. The van der Waals surface area contributed by atoms with Gasteiger partial charge >= 0.3 is 0 Å². The molecule has 0 bridgehead atoms. The van der Waals surface area contributed by atoms with Gasteiger partial charge in [-0.15, -0.1) is 10.2 Å². The first-order valence-electron chi connectivity index (χ1n) is 8.61. The second-order valence-electron chi connectivity index (χ2n) is 6.40. The van der Waals surface area contributed by atoms with Gasteiger partial charge in [-0.05, 0) is 31.0 Å². The van der Waals surface area contributed by atoms with Gasteiger partial charge in [0.25, 0.3) is 0 Å². The van der Waals surface area contributed by atoms with Crippen LogP contribution in [-0.4, -0.2) is 48.0 Å². The van der Waals surface area contributed by atoms with Gasteiger partial charge in [0, 0.05) is 31.5 Å². The molecule has 7 nitrogen and oxygen atoms in total. The van der Waals surface area contributed by atoms with E-state index in [0.29, 0.717) is 18.3 Å². The van der Waals surface area contributed by atoms with E-state index >= 15 is 0 Å². The van der Waals surface area contributed by atoms with E-state index in [-0.39, 0.29) is 18.2 Å². The molecule has 144 valence electrons. The monoisotopic (exact) mass is 406 g/mol. The van der Waals surface area contributed by atoms with Crippen molar-refractivity contribution < 1.29 is 14.3 Å². The van der Waals surface area contributed by atoms with Crippen LogP contribution in [0.15, 0.2) is 22.5 Å². The summed E-state index contributed by atoms with van der Waals surface area (Å²) in [4.78, 5) is 26.7. The Hall–Kier alpha value is -1.97. The third-order valence-electron chi connectivity index (χ3n) is 4.30. The van der Waals surface area contributed by atoms with Crippen LogP contribution in [0.2, 0.25) is 0 Å². The second-order valence-corrected chi connectivity index (χ2v) is 8.72. The zero-order chi connectivity index (χ0) is 19.4. The lowest BCUT2D eigenvalue weighted by Crippen LogP contribution is -2.28. The molecule has 2 amide bonds. The summed E-state index contributed by atoms with van der Waals surface area (Å²) in [5.74, 6) is 0.157. The largest absolute Gasteiger partial charge is 0.384 e. The second kappa shape index (κ2) is 8.81. The van der Waals surface area contributed by atoms with Crippen molar-refractivity contribution in [1.29, 1.82) is 0 Å². The predicted octanol–water partition coefficient (Wildman–Crippen LogP) is 2.89. The molecule has 1 aromatic heterocycles. The number of rotatable bonds is 7. The maximum absolute atomic E-state index is 12.6. The van der Waals surface area contributed by atoms with Crippen molar-refractivity contribution in [2.24, 2.45) is 5.92 Å². The van der Waals surface area contributed by atoms with E-state index in [0.717, 1.165) is 26.9 Å². The summed E-state index contributed by atoms with van der Waals surface area (Å²) in [6.07, 6.45) is 0.202. The lowest BCUT2D eigenvalue weighted by atomic mass is 10.1. The molecule has 1 aliphatic rings. The van der Waals surface area contributed by atoms with Crippen molar-refractivity contribution in [1.82, 2.24) is 10.2 Å². The van der Waals surface area contributed by atoms with Crippen LogP contribution in [0.25, 0.3) is 0 Å². The average Bonchev–Trinajstić information content (AvgIpc) is 3.24. The van der Waals surface area contributed by atoms with E-state index in [1.807, 2.05) is 32.0 Å². The normalized spacial score (nSPS) is 16.8. The summed E-state index contributed by atoms with van der Waals surface area (Å²) < 4.78 is 5.78. The summed E-state index contributed by atoms with van der Waals surface area (Å²) in [5, 5.41) is 11.3. The molecule has 3 rings (SSSR count). The van der Waals surface area contributed by atoms with Gasteiger partial charge in [0.05, 0.1) is 12.5 Å². The van der Waals surface area contributed by atoms with E-state index < -0.39 is 5.92 Å². The first-order chi connectivity index (χ1) is 13.0. The molecule has 1 fully saturated rings. The van der Waals surface area contributed by atoms with Crippen LogP contribution in [0.5, 0.6) is 0 Å². The highest BCUT2D eigenvalue weighted by Crippen LogP contribution is 2.30. The van der Waals surface area contributed by atoms with Gasteiger partial charge in [-0.3, -0.25) is 9.59 Å². The number of amides is 2. The Bertz CT molecular complexity index is 840. The van der Waals surface area contributed by atoms with Gasteiger partial charge in [0.1, 0.15) is 0 Å². The molecule has 1 saturated heterocycles. The Morgan fingerprint density at radius 1 is 1.41 bits per heavy atom. The number of benzene rings is 1. The molecule has 27 heavy (non-hydrogen) atoms. The van der Waals surface area contributed by atoms with Gasteiger partial charge in [-0.25, -0.2) is 0 Å². The molecule has 1 aromatic carbocycles. The van der Waals surface area contributed by atoms with E-state index in [4.69, 9.17) is 4.74 Å². The standard InChI is InChI=1S/C18H22N4O3S2/c1-11-4-5-12(2)14(8-11)22-10-13(9-15(22)23)16(24)19-17-20-21-18(27-17)26-7-6-25-3/h4-5,8,13H,6-7,9-10H2,1-3H3,(H,19,20,24). The number of carbonyl (C=O) groups is 2. The number of hydrogen-bond acceptors (Lipinski definition) is 7. The van der Waals surface area contributed by atoms with Crippen LogP contribution in [0, 0.1) is 19.8 Å². The molecule has 1 atom stereocenters. The van der Waals surface area contributed by atoms with Crippen molar-refractivity contribution in [2.45, 2.75) is 24.6 Å². The minimum Gasteiger partial charge on any atom is -0.384 e. The number of thioether (sulfide) groups is 1. The lowest BCUT2D eigenvalue weighted by molar-refractivity contribution is -0.122. The van der Waals surface area contributed by atoms with E-state index in [9.17, 15) is 9.59 Å². The van der Waals surface area contributed by atoms with Crippen LogP contribution < -0.4 is 10.2 Å². The number of nitrogens with one attached hydrogen (secondary N) is 1. The summed E-state index contributed by atoms with van der Waals surface area (Å²) in [6.45, 7) is 4.97. The first kappa shape index (κ1) is 19.8. The SMILES string of the molecule is COCCSc1nnc(NC(=O)C2CC(=O)N(c3cc(C)ccc3C)C2)s1. The Kier molecular flexibility index (Phi) is 6.46. The number of carbonyl (C=O) groups excluding carboxylic acids is 2. The van der Waals surface area contributed by atoms with Gasteiger partial charge in [-0.1, -0.05) is 35.2 Å². The highest BCUT2D eigenvalue weighted by molar-refractivity contribution is 8.01. The van der Waals surface area contributed by atoms with E-state index in [1.54, 1.807) is 12.0 Å². The fraction of sp³-hybridized carbons (Fsp3) is 0.444. The maximum Gasteiger partial charge on any atom is 0.231 e. The minimum atomic E-state index is -0.397. The molecule has 0 spiro atoms. The molecule has 2 aromatic rings. The van der Waals surface area contributed by atoms with Crippen LogP contribution in [0.4, 0.5) is 10.8 Å². The Balaban J connectivity index is 1.61. The average molecular weight is 407 g/mol. The van der Waals surface area contributed by atoms with Crippen molar-refractivity contribution in [2.75, 3.05) is 36.2 Å². The van der Waals surface area contributed by atoms with Crippen molar-refractivity contribution in [3.05, 3.63) is 29.3 Å². The number of aryl methyl sites for hydroxylation is 2. The third-order valence-corrected chi connectivity index (χ3v) is 6.24. The number of methoxy groups -OCH3 is 1. The van der Waals surface area contributed by atoms with Crippen LogP contribution >= 0.6 is 23.1 Å². The van der Waals surface area contributed by atoms with Gasteiger partial charge in [0.2, 0.25) is 16.9 Å². The molecular weight excluding hydrogens is 384 g/mol. The summed E-state index contributed by atoms with van der Waals surface area (Å²) >= 11 is 2.86. The van der Waals surface area contributed by atoms with Crippen LogP contribution in [0.1, 0.15) is 17.5 Å². The zero-order valence-corrected chi connectivity index (χ0v) is 17.2. The number of hydrogen-bond donors (Lipinski definition) is 1. The molecule has 2 heterocycles. The van der Waals surface area contributed by atoms with Crippen molar-refractivity contribution in [3.63, 3.8) is 0 Å².